The van der Waals surface area contributed by atoms with Crippen molar-refractivity contribution in [1.82, 2.24) is 5.32 Å². The molecular formula is C18H21NO3. The molecule has 2 N–H and O–H groups in total. The predicted molar refractivity (Wildman–Crippen MR) is 85.5 cm³/mol. The largest absolute Gasteiger partial charge is 0.508 e. The Morgan fingerprint density at radius 3 is 2.55 bits per heavy atom. The highest BCUT2D eigenvalue weighted by molar-refractivity contribution is 5.76. The topological polar surface area (TPSA) is 58.6 Å². The fraction of sp³-hybridized carbons (Fsp3) is 0.278. The highest BCUT2D eigenvalue weighted by Gasteiger charge is 2.19. The van der Waals surface area contributed by atoms with Gasteiger partial charge in [0.25, 0.3) is 0 Å². The third-order valence-corrected chi connectivity index (χ3v) is 3.31. The summed E-state index contributed by atoms with van der Waals surface area (Å²) in [6, 6.07) is 16.1. The molecule has 4 nitrogen and oxygen atoms in total. The van der Waals surface area contributed by atoms with E-state index in [1.165, 1.54) is 0 Å². The van der Waals surface area contributed by atoms with Crippen LogP contribution in [0.15, 0.2) is 54.6 Å². The van der Waals surface area contributed by atoms with Crippen molar-refractivity contribution in [3.05, 3.63) is 65.7 Å². The number of likely N-dealkylation sites (N-methyl/N-ethyl adjacent to an activating group) is 1. The molecule has 0 aromatic heterocycles. The Morgan fingerprint density at radius 1 is 1.14 bits per heavy atom. The second-order valence-corrected chi connectivity index (χ2v) is 5.08. The Bertz CT molecular complexity index is 598. The minimum atomic E-state index is -0.421. The predicted octanol–water partition coefficient (Wildman–Crippen LogP) is 2.66. The van der Waals surface area contributed by atoms with Crippen LogP contribution in [0, 0.1) is 0 Å². The van der Waals surface area contributed by atoms with Crippen molar-refractivity contribution in [3.8, 4) is 5.75 Å². The van der Waals surface area contributed by atoms with Crippen LogP contribution >= 0.6 is 0 Å². The second kappa shape index (κ2) is 8.20. The molecule has 0 fully saturated rings. The van der Waals surface area contributed by atoms with Crippen molar-refractivity contribution in [1.29, 1.82) is 0 Å². The van der Waals surface area contributed by atoms with E-state index in [0.717, 1.165) is 11.1 Å². The highest BCUT2D eigenvalue weighted by Crippen LogP contribution is 2.13. The maximum Gasteiger partial charge on any atom is 0.323 e. The van der Waals surface area contributed by atoms with Gasteiger partial charge in [0.05, 0.1) is 0 Å². The minimum absolute atomic E-state index is 0.199. The first-order chi connectivity index (χ1) is 10.7. The maximum absolute atomic E-state index is 12.2. The van der Waals surface area contributed by atoms with Gasteiger partial charge in [-0.25, -0.2) is 0 Å². The molecule has 0 spiro atoms. The molecule has 0 radical (unpaired) electrons. The highest BCUT2D eigenvalue weighted by atomic mass is 16.5. The number of nitrogens with one attached hydrogen (secondary N) is 1. The summed E-state index contributed by atoms with van der Waals surface area (Å²) in [5, 5.41) is 12.6. The normalized spacial score (nSPS) is 11.9. The van der Waals surface area contributed by atoms with E-state index >= 15 is 0 Å². The van der Waals surface area contributed by atoms with Gasteiger partial charge in [0, 0.05) is 0 Å². The van der Waals surface area contributed by atoms with Gasteiger partial charge >= 0.3 is 5.97 Å². The Labute approximate surface area is 130 Å². The molecule has 0 saturated heterocycles. The van der Waals surface area contributed by atoms with Crippen molar-refractivity contribution in [2.45, 2.75) is 26.0 Å². The molecule has 0 bridgehead atoms. The molecule has 0 saturated carbocycles. The second-order valence-electron chi connectivity index (χ2n) is 5.08. The number of hydrogen-bond donors (Lipinski definition) is 2. The van der Waals surface area contributed by atoms with Crippen LogP contribution in [-0.2, 0) is 22.6 Å². The fourth-order valence-corrected chi connectivity index (χ4v) is 2.23. The van der Waals surface area contributed by atoms with Gasteiger partial charge in [-0.15, -0.1) is 0 Å². The number of phenols is 1. The molecule has 2 rings (SSSR count). The first-order valence-electron chi connectivity index (χ1n) is 7.41. The molecule has 116 valence electrons. The standard InChI is InChI=1S/C18H21NO3/c1-2-19-17(12-15-9-6-10-16(20)11-15)18(21)22-13-14-7-4-3-5-8-14/h3-11,17,19-20H,2,12-13H2,1H3. The Morgan fingerprint density at radius 2 is 1.86 bits per heavy atom. The summed E-state index contributed by atoms with van der Waals surface area (Å²) in [7, 11) is 0. The van der Waals surface area contributed by atoms with Gasteiger partial charge < -0.3 is 15.2 Å². The Hall–Kier alpha value is -2.33. The molecule has 0 aliphatic heterocycles. The fourth-order valence-electron chi connectivity index (χ4n) is 2.23. The molecule has 1 atom stereocenters. The van der Waals surface area contributed by atoms with Crippen molar-refractivity contribution in [3.63, 3.8) is 0 Å². The van der Waals surface area contributed by atoms with Crippen LogP contribution in [0.1, 0.15) is 18.1 Å². The lowest BCUT2D eigenvalue weighted by Crippen LogP contribution is -2.39. The van der Waals surface area contributed by atoms with Crippen LogP contribution in [0.3, 0.4) is 0 Å². The number of phenolic OH excluding ortho intramolecular Hbond substituents is 1. The number of esters is 1. The maximum atomic E-state index is 12.2. The average molecular weight is 299 g/mol. The lowest BCUT2D eigenvalue weighted by Gasteiger charge is -2.17. The zero-order valence-electron chi connectivity index (χ0n) is 12.7. The molecule has 22 heavy (non-hydrogen) atoms. The van der Waals surface area contributed by atoms with E-state index in [1.54, 1.807) is 18.2 Å². The Kier molecular flexibility index (Phi) is 5.98. The van der Waals surface area contributed by atoms with E-state index in [4.69, 9.17) is 4.74 Å². The SMILES string of the molecule is CCNC(Cc1cccc(O)c1)C(=O)OCc1ccccc1. The number of carbonyl (C=O) groups excluding carboxylic acids is 1. The van der Waals surface area contributed by atoms with Crippen LogP contribution in [0.25, 0.3) is 0 Å². The molecule has 0 heterocycles. The number of ether oxygens (including phenoxy) is 1. The van der Waals surface area contributed by atoms with E-state index in [-0.39, 0.29) is 18.3 Å². The van der Waals surface area contributed by atoms with Gasteiger partial charge in [-0.3, -0.25) is 4.79 Å². The number of rotatable bonds is 7. The lowest BCUT2D eigenvalue weighted by molar-refractivity contribution is -0.147. The molecular weight excluding hydrogens is 278 g/mol. The van der Waals surface area contributed by atoms with Crippen LogP contribution in [0.4, 0.5) is 0 Å². The van der Waals surface area contributed by atoms with Gasteiger partial charge in [-0.2, -0.15) is 0 Å². The summed E-state index contributed by atoms with van der Waals surface area (Å²) >= 11 is 0. The minimum Gasteiger partial charge on any atom is -0.508 e. The van der Waals surface area contributed by atoms with E-state index in [2.05, 4.69) is 5.32 Å². The first kappa shape index (κ1) is 16.0. The number of carbonyl (C=O) groups is 1. The van der Waals surface area contributed by atoms with Crippen molar-refractivity contribution in [2.24, 2.45) is 0 Å². The van der Waals surface area contributed by atoms with Crippen LogP contribution in [0.5, 0.6) is 5.75 Å². The van der Waals surface area contributed by atoms with Crippen molar-refractivity contribution >= 4 is 5.97 Å². The lowest BCUT2D eigenvalue weighted by atomic mass is 10.1. The van der Waals surface area contributed by atoms with E-state index in [1.807, 2.05) is 43.3 Å². The van der Waals surface area contributed by atoms with E-state index in [9.17, 15) is 9.90 Å². The average Bonchev–Trinajstić information content (AvgIpc) is 2.53. The number of benzene rings is 2. The Balaban J connectivity index is 1.96. The van der Waals surface area contributed by atoms with Gasteiger partial charge in [0.1, 0.15) is 18.4 Å². The molecule has 0 aliphatic carbocycles. The van der Waals surface area contributed by atoms with Crippen LogP contribution < -0.4 is 5.32 Å². The van der Waals surface area contributed by atoms with E-state index < -0.39 is 6.04 Å². The summed E-state index contributed by atoms with van der Waals surface area (Å²) in [6.45, 7) is 2.88. The van der Waals surface area contributed by atoms with Gasteiger partial charge in [0.15, 0.2) is 0 Å². The molecule has 2 aromatic rings. The van der Waals surface area contributed by atoms with Crippen LogP contribution in [0.2, 0.25) is 0 Å². The van der Waals surface area contributed by atoms with Crippen LogP contribution in [-0.4, -0.2) is 23.7 Å². The summed E-state index contributed by atoms with van der Waals surface area (Å²) in [4.78, 5) is 12.2. The van der Waals surface area contributed by atoms with Crippen molar-refractivity contribution in [2.75, 3.05) is 6.54 Å². The zero-order valence-corrected chi connectivity index (χ0v) is 12.7. The van der Waals surface area contributed by atoms with Crippen molar-refractivity contribution < 1.29 is 14.6 Å². The van der Waals surface area contributed by atoms with E-state index in [0.29, 0.717) is 13.0 Å². The summed E-state index contributed by atoms with van der Waals surface area (Å²) in [6.07, 6.45) is 0.482. The third-order valence-electron chi connectivity index (χ3n) is 3.31. The van der Waals surface area contributed by atoms with Gasteiger partial charge in [0.2, 0.25) is 0 Å². The van der Waals surface area contributed by atoms with Gasteiger partial charge in [-0.1, -0.05) is 49.4 Å². The first-order valence-corrected chi connectivity index (χ1v) is 7.41. The quantitative estimate of drug-likeness (QED) is 0.772. The monoisotopic (exact) mass is 299 g/mol. The summed E-state index contributed by atoms with van der Waals surface area (Å²) in [5.41, 5.74) is 1.85. The molecule has 0 amide bonds. The number of hydrogen-bond acceptors (Lipinski definition) is 4. The third kappa shape index (κ3) is 4.90. The van der Waals surface area contributed by atoms with Gasteiger partial charge in [-0.05, 0) is 36.2 Å². The molecule has 4 heteroatoms. The zero-order chi connectivity index (χ0) is 15.8. The summed E-state index contributed by atoms with van der Waals surface area (Å²) in [5.74, 6) is -0.0838. The molecule has 0 aliphatic rings. The summed E-state index contributed by atoms with van der Waals surface area (Å²) < 4.78 is 5.38. The molecule has 2 aromatic carbocycles. The number of aromatic hydroxyl groups is 1. The smallest absolute Gasteiger partial charge is 0.323 e. The molecule has 1 unspecified atom stereocenters.